The van der Waals surface area contributed by atoms with Crippen LogP contribution in [0.15, 0.2) is 41.6 Å². The summed E-state index contributed by atoms with van der Waals surface area (Å²) >= 11 is 1.69. The molecule has 0 spiro atoms. The highest BCUT2D eigenvalue weighted by molar-refractivity contribution is 7.99. The quantitative estimate of drug-likeness (QED) is 0.574. The average molecular weight is 303 g/mol. The van der Waals surface area contributed by atoms with E-state index < -0.39 is 0 Å². The van der Waals surface area contributed by atoms with E-state index >= 15 is 0 Å². The summed E-state index contributed by atoms with van der Waals surface area (Å²) < 4.78 is 7.49. The average Bonchev–Trinajstić information content (AvgIpc) is 2.87. The topological polar surface area (TPSA) is 39.9 Å². The van der Waals surface area contributed by atoms with E-state index in [0.29, 0.717) is 6.61 Å². The molecule has 5 heteroatoms. The van der Waals surface area contributed by atoms with Crippen LogP contribution in [-0.2, 0) is 7.05 Å². The second-order valence-electron chi connectivity index (χ2n) is 4.69. The Morgan fingerprint density at radius 2 is 2.00 bits per heavy atom. The zero-order valence-corrected chi connectivity index (χ0v) is 13.6. The van der Waals surface area contributed by atoms with Gasteiger partial charge in [0.2, 0.25) is 0 Å². The lowest BCUT2D eigenvalue weighted by molar-refractivity contribution is 0.349. The molecule has 2 rings (SSSR count). The van der Waals surface area contributed by atoms with Gasteiger partial charge in [0.25, 0.3) is 0 Å². The second kappa shape index (κ2) is 7.31. The first-order valence-corrected chi connectivity index (χ1v) is 8.06. The van der Waals surface area contributed by atoms with Crippen molar-refractivity contribution in [3.8, 4) is 17.1 Å². The number of ether oxygens (including phenoxy) is 1. The number of thioether (sulfide) groups is 1. The molecule has 0 aliphatic heterocycles. The van der Waals surface area contributed by atoms with Gasteiger partial charge in [-0.15, -0.1) is 0 Å². The first kappa shape index (κ1) is 15.6. The fourth-order valence-corrected chi connectivity index (χ4v) is 2.37. The molecule has 1 heterocycles. The maximum atomic E-state index is 5.67. The largest absolute Gasteiger partial charge is 0.489 e. The number of hydrogen-bond acceptors (Lipinski definition) is 4. The molecular formula is C16H21N3OS. The molecule has 0 unspecified atom stereocenters. The molecule has 0 amide bonds. The van der Waals surface area contributed by atoms with Gasteiger partial charge in [-0.1, -0.05) is 32.2 Å². The Morgan fingerprint density at radius 1 is 1.29 bits per heavy atom. The fourth-order valence-electron chi connectivity index (χ4n) is 1.73. The molecule has 0 saturated heterocycles. The lowest BCUT2D eigenvalue weighted by Gasteiger charge is -2.07. The van der Waals surface area contributed by atoms with Crippen LogP contribution in [0.1, 0.15) is 20.3 Å². The van der Waals surface area contributed by atoms with Gasteiger partial charge < -0.3 is 4.74 Å². The molecule has 0 aliphatic rings. The highest BCUT2D eigenvalue weighted by atomic mass is 32.2. The zero-order chi connectivity index (χ0) is 15.2. The van der Waals surface area contributed by atoms with E-state index in [9.17, 15) is 0 Å². The van der Waals surface area contributed by atoms with Crippen LogP contribution in [0.4, 0.5) is 0 Å². The molecule has 1 aromatic heterocycles. The SMILES string of the molecule is C=C(CC)COc1ccc(-c2nc(SCC)n(C)n2)cc1. The van der Waals surface area contributed by atoms with Crippen LogP contribution in [0.2, 0.25) is 0 Å². The predicted molar refractivity (Wildman–Crippen MR) is 87.8 cm³/mol. The second-order valence-corrected chi connectivity index (χ2v) is 5.92. The van der Waals surface area contributed by atoms with Crippen LogP contribution in [0.3, 0.4) is 0 Å². The van der Waals surface area contributed by atoms with Crippen LogP contribution < -0.4 is 4.74 Å². The minimum absolute atomic E-state index is 0.564. The van der Waals surface area contributed by atoms with Crippen molar-refractivity contribution in [1.82, 2.24) is 14.8 Å². The van der Waals surface area contributed by atoms with Crippen molar-refractivity contribution in [3.05, 3.63) is 36.4 Å². The Morgan fingerprint density at radius 3 is 2.62 bits per heavy atom. The van der Waals surface area contributed by atoms with Crippen molar-refractivity contribution >= 4 is 11.8 Å². The molecule has 1 aromatic carbocycles. The maximum absolute atomic E-state index is 5.67. The van der Waals surface area contributed by atoms with Crippen LogP contribution in [0.25, 0.3) is 11.4 Å². The van der Waals surface area contributed by atoms with Crippen molar-refractivity contribution in [2.45, 2.75) is 25.4 Å². The third kappa shape index (κ3) is 4.11. The minimum atomic E-state index is 0.564. The molecule has 2 aromatic rings. The molecule has 21 heavy (non-hydrogen) atoms. The Labute approximate surface area is 130 Å². The lowest BCUT2D eigenvalue weighted by atomic mass is 10.2. The fraction of sp³-hybridized carbons (Fsp3) is 0.375. The van der Waals surface area contributed by atoms with Crippen LogP contribution in [0, 0.1) is 0 Å². The smallest absolute Gasteiger partial charge is 0.186 e. The van der Waals surface area contributed by atoms with E-state index in [0.717, 1.165) is 40.0 Å². The standard InChI is InChI=1S/C16H21N3OS/c1-5-12(3)11-20-14-9-7-13(8-10-14)15-17-16(21-6-2)19(4)18-15/h7-10H,3,5-6,11H2,1-2,4H3. The van der Waals surface area contributed by atoms with Gasteiger partial charge in [-0.05, 0) is 42.0 Å². The zero-order valence-electron chi connectivity index (χ0n) is 12.8. The first-order chi connectivity index (χ1) is 10.1. The van der Waals surface area contributed by atoms with Crippen LogP contribution in [0.5, 0.6) is 5.75 Å². The molecule has 0 fully saturated rings. The van der Waals surface area contributed by atoms with E-state index in [1.807, 2.05) is 36.0 Å². The van der Waals surface area contributed by atoms with Crippen molar-refractivity contribution < 1.29 is 4.74 Å². The molecule has 0 N–H and O–H groups in total. The van der Waals surface area contributed by atoms with Gasteiger partial charge in [0.05, 0.1) is 0 Å². The third-order valence-electron chi connectivity index (χ3n) is 3.05. The summed E-state index contributed by atoms with van der Waals surface area (Å²) in [6.45, 7) is 8.68. The summed E-state index contributed by atoms with van der Waals surface area (Å²) in [6.07, 6.45) is 0.938. The highest BCUT2D eigenvalue weighted by Crippen LogP contribution is 2.23. The Bertz CT molecular complexity index is 604. The van der Waals surface area contributed by atoms with Gasteiger partial charge in [-0.25, -0.2) is 9.67 Å². The Hall–Kier alpha value is -1.75. The molecule has 0 saturated carbocycles. The molecular weight excluding hydrogens is 282 g/mol. The first-order valence-electron chi connectivity index (χ1n) is 7.07. The number of benzene rings is 1. The normalized spacial score (nSPS) is 10.6. The maximum Gasteiger partial charge on any atom is 0.186 e. The predicted octanol–water partition coefficient (Wildman–Crippen LogP) is 3.94. The summed E-state index contributed by atoms with van der Waals surface area (Å²) in [5, 5.41) is 5.38. The van der Waals surface area contributed by atoms with Crippen molar-refractivity contribution in [3.63, 3.8) is 0 Å². The highest BCUT2D eigenvalue weighted by Gasteiger charge is 2.09. The monoisotopic (exact) mass is 303 g/mol. The molecule has 0 bridgehead atoms. The van der Waals surface area contributed by atoms with E-state index in [1.54, 1.807) is 11.8 Å². The van der Waals surface area contributed by atoms with Gasteiger partial charge in [0, 0.05) is 12.6 Å². The number of aromatic nitrogens is 3. The minimum Gasteiger partial charge on any atom is -0.489 e. The van der Waals surface area contributed by atoms with Gasteiger partial charge in [-0.2, -0.15) is 5.10 Å². The van der Waals surface area contributed by atoms with E-state index in [1.165, 1.54) is 0 Å². The number of aryl methyl sites for hydroxylation is 1. The van der Waals surface area contributed by atoms with E-state index in [2.05, 4.69) is 30.5 Å². The van der Waals surface area contributed by atoms with Gasteiger partial charge >= 0.3 is 0 Å². The van der Waals surface area contributed by atoms with Crippen LogP contribution in [-0.4, -0.2) is 27.1 Å². The van der Waals surface area contributed by atoms with Gasteiger partial charge in [0.1, 0.15) is 12.4 Å². The Kier molecular flexibility index (Phi) is 5.44. The number of rotatable bonds is 7. The number of nitrogens with zero attached hydrogens (tertiary/aromatic N) is 3. The van der Waals surface area contributed by atoms with E-state index in [-0.39, 0.29) is 0 Å². The molecule has 0 aliphatic carbocycles. The molecule has 0 radical (unpaired) electrons. The van der Waals surface area contributed by atoms with Crippen molar-refractivity contribution in [2.75, 3.05) is 12.4 Å². The van der Waals surface area contributed by atoms with E-state index in [4.69, 9.17) is 4.74 Å². The third-order valence-corrected chi connectivity index (χ3v) is 3.95. The summed E-state index contributed by atoms with van der Waals surface area (Å²) in [6, 6.07) is 7.86. The molecule has 112 valence electrons. The summed E-state index contributed by atoms with van der Waals surface area (Å²) in [5.74, 6) is 2.57. The van der Waals surface area contributed by atoms with Crippen molar-refractivity contribution in [1.29, 1.82) is 0 Å². The van der Waals surface area contributed by atoms with Gasteiger partial charge in [-0.3, -0.25) is 0 Å². The molecule has 4 nitrogen and oxygen atoms in total. The van der Waals surface area contributed by atoms with Crippen LogP contribution >= 0.6 is 11.8 Å². The summed E-state index contributed by atoms with van der Waals surface area (Å²) in [5.41, 5.74) is 2.09. The Balaban J connectivity index is 2.08. The summed E-state index contributed by atoms with van der Waals surface area (Å²) in [7, 11) is 1.92. The summed E-state index contributed by atoms with van der Waals surface area (Å²) in [4.78, 5) is 4.55. The van der Waals surface area contributed by atoms with Crippen molar-refractivity contribution in [2.24, 2.45) is 7.05 Å². The van der Waals surface area contributed by atoms with Gasteiger partial charge in [0.15, 0.2) is 11.0 Å². The number of hydrogen-bond donors (Lipinski definition) is 0. The molecule has 0 atom stereocenters. The lowest BCUT2D eigenvalue weighted by Crippen LogP contribution is -1.99.